The lowest BCUT2D eigenvalue weighted by atomic mass is 10.1. The molecule has 1 N–H and O–H groups in total. The number of amides is 1. The zero-order valence-electron chi connectivity index (χ0n) is 16.5. The van der Waals surface area contributed by atoms with E-state index in [9.17, 15) is 14.0 Å². The van der Waals surface area contributed by atoms with E-state index in [1.807, 2.05) is 42.1 Å². The molecule has 6 nitrogen and oxygen atoms in total. The first-order valence-corrected chi connectivity index (χ1v) is 9.63. The molecule has 2 aromatic heterocycles. The van der Waals surface area contributed by atoms with Gasteiger partial charge in [0, 0.05) is 48.9 Å². The third-order valence-corrected chi connectivity index (χ3v) is 5.02. The summed E-state index contributed by atoms with van der Waals surface area (Å²) in [5.74, 6) is -0.443. The van der Waals surface area contributed by atoms with Crippen LogP contribution in [0.3, 0.4) is 0 Å². The van der Waals surface area contributed by atoms with Crippen LogP contribution in [0.25, 0.3) is 22.2 Å². The van der Waals surface area contributed by atoms with Crippen molar-refractivity contribution in [2.24, 2.45) is 7.05 Å². The number of hydrogen-bond acceptors (Lipinski definition) is 3. The van der Waals surface area contributed by atoms with Crippen molar-refractivity contribution in [2.45, 2.75) is 13.0 Å². The summed E-state index contributed by atoms with van der Waals surface area (Å²) in [5.41, 5.74) is 2.97. The Labute approximate surface area is 172 Å². The first-order valence-electron chi connectivity index (χ1n) is 9.63. The highest BCUT2D eigenvalue weighted by molar-refractivity contribution is 5.89. The number of carbonyl (C=O) groups excluding carboxylic acids is 1. The maximum absolute atomic E-state index is 13.0. The summed E-state index contributed by atoms with van der Waals surface area (Å²) in [6.45, 7) is 0.637. The Kier molecular flexibility index (Phi) is 5.43. The molecule has 152 valence electrons. The molecule has 0 unspecified atom stereocenters. The molecule has 0 aliphatic rings. The molecular weight excluding hydrogens is 383 g/mol. The molecule has 2 heterocycles. The maximum Gasteiger partial charge on any atom is 0.253 e. The summed E-state index contributed by atoms with van der Waals surface area (Å²) in [5, 5.41) is 3.92. The first-order chi connectivity index (χ1) is 14.5. The number of fused-ring (bicyclic) bond motifs is 1. The lowest BCUT2D eigenvalue weighted by Gasteiger charge is -2.08. The Morgan fingerprint density at radius 1 is 1.13 bits per heavy atom. The number of halogens is 1. The Bertz CT molecular complexity index is 1260. The lowest BCUT2D eigenvalue weighted by Crippen LogP contribution is -2.31. The third kappa shape index (κ3) is 4.15. The fourth-order valence-electron chi connectivity index (χ4n) is 3.49. The average Bonchev–Trinajstić information content (AvgIpc) is 3.05. The van der Waals surface area contributed by atoms with Crippen molar-refractivity contribution in [3.63, 3.8) is 0 Å². The van der Waals surface area contributed by atoms with Crippen molar-refractivity contribution in [2.75, 3.05) is 6.54 Å². The van der Waals surface area contributed by atoms with E-state index in [-0.39, 0.29) is 23.7 Å². The number of carbonyl (C=O) groups is 1. The molecule has 0 aliphatic heterocycles. The number of aryl methyl sites for hydroxylation is 1. The van der Waals surface area contributed by atoms with E-state index in [0.717, 1.165) is 16.5 Å². The summed E-state index contributed by atoms with van der Waals surface area (Å²) < 4.78 is 16.5. The number of benzene rings is 2. The van der Waals surface area contributed by atoms with Crippen LogP contribution >= 0.6 is 0 Å². The molecule has 0 saturated heterocycles. The van der Waals surface area contributed by atoms with Gasteiger partial charge in [-0.05, 0) is 35.9 Å². The maximum atomic E-state index is 13.0. The van der Waals surface area contributed by atoms with Crippen LogP contribution in [0.5, 0.6) is 0 Å². The molecule has 30 heavy (non-hydrogen) atoms. The number of nitrogens with zero attached hydrogens (tertiary/aromatic N) is 3. The molecule has 0 atom stereocenters. The highest BCUT2D eigenvalue weighted by Gasteiger charge is 2.10. The molecule has 0 fully saturated rings. The summed E-state index contributed by atoms with van der Waals surface area (Å²) in [4.78, 5) is 28.9. The zero-order chi connectivity index (χ0) is 21.1. The summed E-state index contributed by atoms with van der Waals surface area (Å²) in [6, 6.07) is 15.2. The minimum Gasteiger partial charge on any atom is -0.354 e. The van der Waals surface area contributed by atoms with Gasteiger partial charge in [0.15, 0.2) is 0 Å². The number of aromatic nitrogens is 3. The monoisotopic (exact) mass is 404 g/mol. The largest absolute Gasteiger partial charge is 0.354 e. The molecule has 0 saturated carbocycles. The fourth-order valence-corrected chi connectivity index (χ4v) is 3.49. The second-order valence-electron chi connectivity index (χ2n) is 7.12. The molecule has 4 rings (SSSR count). The van der Waals surface area contributed by atoms with Gasteiger partial charge in [-0.15, -0.1) is 0 Å². The van der Waals surface area contributed by atoms with Crippen molar-refractivity contribution < 1.29 is 9.18 Å². The summed E-state index contributed by atoms with van der Waals surface area (Å²) >= 11 is 0. The molecule has 1 amide bonds. The van der Waals surface area contributed by atoms with Gasteiger partial charge in [0.1, 0.15) is 5.82 Å². The second kappa shape index (κ2) is 8.32. The first kappa shape index (κ1) is 19.6. The molecule has 0 bridgehead atoms. The second-order valence-corrected chi connectivity index (χ2v) is 7.12. The molecule has 0 spiro atoms. The van der Waals surface area contributed by atoms with E-state index in [1.165, 1.54) is 29.1 Å². The summed E-state index contributed by atoms with van der Waals surface area (Å²) in [7, 11) is 1.96. The van der Waals surface area contributed by atoms with Gasteiger partial charge >= 0.3 is 0 Å². The van der Waals surface area contributed by atoms with Crippen molar-refractivity contribution in [3.8, 4) is 11.3 Å². The molecule has 0 aliphatic carbocycles. The van der Waals surface area contributed by atoms with Gasteiger partial charge in [0.2, 0.25) is 5.91 Å². The standard InChI is InChI=1S/C23H21FN4O2/c1-27-14-17(19-4-2-3-5-21(19)27)12-22(29)25-10-11-28-15-26-20(13-23(28)30)16-6-8-18(24)9-7-16/h2-9,13-15H,10-12H2,1H3,(H,25,29). The van der Waals surface area contributed by atoms with Crippen molar-refractivity contribution in [1.82, 2.24) is 19.4 Å². The Hall–Kier alpha value is -3.74. The van der Waals surface area contributed by atoms with E-state index in [4.69, 9.17) is 0 Å². The number of nitrogens with one attached hydrogen (secondary N) is 1. The van der Waals surface area contributed by atoms with Crippen LogP contribution in [0.4, 0.5) is 4.39 Å². The average molecular weight is 404 g/mol. The predicted octanol–water partition coefficient (Wildman–Crippen LogP) is 2.90. The highest BCUT2D eigenvalue weighted by atomic mass is 19.1. The van der Waals surface area contributed by atoms with Gasteiger partial charge in [-0.3, -0.25) is 14.2 Å². The van der Waals surface area contributed by atoms with Crippen molar-refractivity contribution in [3.05, 3.63) is 88.9 Å². The van der Waals surface area contributed by atoms with Crippen molar-refractivity contribution in [1.29, 1.82) is 0 Å². The SMILES string of the molecule is Cn1cc(CC(=O)NCCn2cnc(-c3ccc(F)cc3)cc2=O)c2ccccc21. The fraction of sp³-hybridized carbons (Fsp3) is 0.174. The van der Waals surface area contributed by atoms with Crippen LogP contribution < -0.4 is 10.9 Å². The van der Waals surface area contributed by atoms with Crippen LogP contribution in [0.15, 0.2) is 71.9 Å². The van der Waals surface area contributed by atoms with Crippen LogP contribution in [0.1, 0.15) is 5.56 Å². The normalized spacial score (nSPS) is 11.0. The number of para-hydroxylation sites is 1. The van der Waals surface area contributed by atoms with Gasteiger partial charge in [-0.25, -0.2) is 9.37 Å². The van der Waals surface area contributed by atoms with E-state index in [0.29, 0.717) is 24.3 Å². The van der Waals surface area contributed by atoms with Crippen LogP contribution in [0, 0.1) is 5.82 Å². The number of rotatable bonds is 6. The van der Waals surface area contributed by atoms with Gasteiger partial charge < -0.3 is 9.88 Å². The van der Waals surface area contributed by atoms with E-state index in [2.05, 4.69) is 10.3 Å². The zero-order valence-corrected chi connectivity index (χ0v) is 16.5. The van der Waals surface area contributed by atoms with E-state index < -0.39 is 0 Å². The quantitative estimate of drug-likeness (QED) is 0.537. The van der Waals surface area contributed by atoms with Crippen LogP contribution in [-0.4, -0.2) is 26.6 Å². The van der Waals surface area contributed by atoms with E-state index >= 15 is 0 Å². The van der Waals surface area contributed by atoms with Gasteiger partial charge in [0.05, 0.1) is 18.4 Å². The van der Waals surface area contributed by atoms with Gasteiger partial charge in [-0.1, -0.05) is 18.2 Å². The van der Waals surface area contributed by atoms with Gasteiger partial charge in [0.25, 0.3) is 5.56 Å². The Morgan fingerprint density at radius 3 is 2.67 bits per heavy atom. The highest BCUT2D eigenvalue weighted by Crippen LogP contribution is 2.20. The molecule has 2 aromatic carbocycles. The predicted molar refractivity (Wildman–Crippen MR) is 114 cm³/mol. The minimum atomic E-state index is -0.341. The lowest BCUT2D eigenvalue weighted by molar-refractivity contribution is -0.120. The molecule has 7 heteroatoms. The molecular formula is C23H21FN4O2. The Balaban J connectivity index is 1.36. The van der Waals surface area contributed by atoms with Gasteiger partial charge in [-0.2, -0.15) is 0 Å². The minimum absolute atomic E-state index is 0.102. The topological polar surface area (TPSA) is 68.9 Å². The molecule has 0 radical (unpaired) electrons. The third-order valence-electron chi connectivity index (χ3n) is 5.02. The molecule has 4 aromatic rings. The Morgan fingerprint density at radius 2 is 1.90 bits per heavy atom. The van der Waals surface area contributed by atoms with Crippen LogP contribution in [0.2, 0.25) is 0 Å². The van der Waals surface area contributed by atoms with Crippen LogP contribution in [-0.2, 0) is 24.8 Å². The smallest absolute Gasteiger partial charge is 0.253 e. The van der Waals surface area contributed by atoms with E-state index in [1.54, 1.807) is 12.1 Å². The summed E-state index contributed by atoms with van der Waals surface area (Å²) in [6.07, 6.45) is 3.68. The number of hydrogen-bond donors (Lipinski definition) is 1. The van der Waals surface area contributed by atoms with Crippen molar-refractivity contribution >= 4 is 16.8 Å².